The number of pyridine rings is 1. The predicted octanol–water partition coefficient (Wildman–Crippen LogP) is 3.82. The van der Waals surface area contributed by atoms with Crippen LogP contribution in [-0.4, -0.2) is 4.98 Å². The molecule has 0 saturated heterocycles. The van der Waals surface area contributed by atoms with Gasteiger partial charge in [-0.15, -0.1) is 0 Å². The second-order valence-electron chi connectivity index (χ2n) is 3.26. The molecule has 3 nitrogen and oxygen atoms in total. The van der Waals surface area contributed by atoms with E-state index in [0.717, 1.165) is 15.8 Å². The lowest BCUT2D eigenvalue weighted by Gasteiger charge is -2.08. The minimum atomic E-state index is 0.614. The van der Waals surface area contributed by atoms with Crippen LogP contribution >= 0.6 is 27.5 Å². The van der Waals surface area contributed by atoms with E-state index >= 15 is 0 Å². The van der Waals surface area contributed by atoms with E-state index in [9.17, 15) is 0 Å². The fourth-order valence-electron chi connectivity index (χ4n) is 1.27. The molecule has 0 bridgehead atoms. The minimum Gasteiger partial charge on any atom is -0.397 e. The van der Waals surface area contributed by atoms with Crippen LogP contribution in [0.4, 0.5) is 17.1 Å². The third-order valence-corrected chi connectivity index (χ3v) is 2.89. The summed E-state index contributed by atoms with van der Waals surface area (Å²) in [5.74, 6) is 0. The monoisotopic (exact) mass is 297 g/mol. The van der Waals surface area contributed by atoms with Crippen LogP contribution < -0.4 is 11.1 Å². The van der Waals surface area contributed by atoms with Crippen molar-refractivity contribution in [2.24, 2.45) is 0 Å². The molecule has 0 amide bonds. The first-order valence-electron chi connectivity index (χ1n) is 4.58. The molecular formula is C11H9BrClN3. The summed E-state index contributed by atoms with van der Waals surface area (Å²) in [6, 6.07) is 7.33. The van der Waals surface area contributed by atoms with Gasteiger partial charge in [0.1, 0.15) is 0 Å². The van der Waals surface area contributed by atoms with E-state index in [4.69, 9.17) is 17.3 Å². The van der Waals surface area contributed by atoms with E-state index in [0.29, 0.717) is 10.7 Å². The van der Waals surface area contributed by atoms with Crippen LogP contribution in [0.2, 0.25) is 5.02 Å². The Labute approximate surface area is 107 Å². The maximum Gasteiger partial charge on any atom is 0.0591 e. The number of aromatic nitrogens is 1. The van der Waals surface area contributed by atoms with Gasteiger partial charge in [0.05, 0.1) is 23.3 Å². The van der Waals surface area contributed by atoms with Crippen LogP contribution in [0, 0.1) is 0 Å². The van der Waals surface area contributed by atoms with Crippen molar-refractivity contribution in [3.8, 4) is 0 Å². The average Bonchev–Trinajstić information content (AvgIpc) is 2.24. The second kappa shape index (κ2) is 4.72. The van der Waals surface area contributed by atoms with Gasteiger partial charge >= 0.3 is 0 Å². The first-order chi connectivity index (χ1) is 7.65. The lowest BCUT2D eigenvalue weighted by Crippen LogP contribution is -1.94. The molecule has 0 saturated carbocycles. The fourth-order valence-corrected chi connectivity index (χ4v) is 1.79. The number of hydrogen-bond acceptors (Lipinski definition) is 3. The zero-order chi connectivity index (χ0) is 11.5. The molecule has 0 spiro atoms. The van der Waals surface area contributed by atoms with Gasteiger partial charge in [-0.1, -0.05) is 11.6 Å². The fraction of sp³-hybridized carbons (Fsp3) is 0. The molecule has 0 radical (unpaired) electrons. The Balaban J connectivity index is 2.30. The summed E-state index contributed by atoms with van der Waals surface area (Å²) in [6.45, 7) is 0. The zero-order valence-electron chi connectivity index (χ0n) is 8.24. The highest BCUT2D eigenvalue weighted by molar-refractivity contribution is 9.10. The van der Waals surface area contributed by atoms with Gasteiger partial charge in [0.15, 0.2) is 0 Å². The number of nitrogen functional groups attached to an aromatic ring is 1. The summed E-state index contributed by atoms with van der Waals surface area (Å²) >= 11 is 9.35. The maximum absolute atomic E-state index is 5.91. The summed E-state index contributed by atoms with van der Waals surface area (Å²) in [5.41, 5.74) is 7.95. The summed E-state index contributed by atoms with van der Waals surface area (Å²) in [4.78, 5) is 4.00. The molecule has 5 heteroatoms. The lowest BCUT2D eigenvalue weighted by molar-refractivity contribution is 1.32. The van der Waals surface area contributed by atoms with E-state index in [1.165, 1.54) is 0 Å². The molecule has 2 rings (SSSR count). The summed E-state index contributed by atoms with van der Waals surface area (Å²) < 4.78 is 0.930. The predicted molar refractivity (Wildman–Crippen MR) is 71.1 cm³/mol. The van der Waals surface area contributed by atoms with Crippen molar-refractivity contribution in [2.45, 2.75) is 0 Å². The molecule has 0 unspecified atom stereocenters. The summed E-state index contributed by atoms with van der Waals surface area (Å²) in [7, 11) is 0. The number of nitrogens with two attached hydrogens (primary N) is 1. The maximum atomic E-state index is 5.91. The first-order valence-corrected chi connectivity index (χ1v) is 5.75. The van der Waals surface area contributed by atoms with Crippen molar-refractivity contribution in [1.82, 2.24) is 4.98 Å². The normalized spacial score (nSPS) is 10.1. The zero-order valence-corrected chi connectivity index (χ0v) is 10.6. The molecular weight excluding hydrogens is 289 g/mol. The molecule has 3 N–H and O–H groups in total. The minimum absolute atomic E-state index is 0.614. The molecule has 1 heterocycles. The summed E-state index contributed by atoms with van der Waals surface area (Å²) in [6.07, 6.45) is 3.29. The van der Waals surface area contributed by atoms with E-state index < -0.39 is 0 Å². The smallest absolute Gasteiger partial charge is 0.0591 e. The van der Waals surface area contributed by atoms with E-state index in [1.807, 2.05) is 18.2 Å². The number of halogens is 2. The number of nitrogens with zero attached hydrogens (tertiary/aromatic N) is 1. The van der Waals surface area contributed by atoms with Crippen molar-refractivity contribution < 1.29 is 0 Å². The van der Waals surface area contributed by atoms with Crippen LogP contribution in [0.15, 0.2) is 41.1 Å². The summed E-state index contributed by atoms with van der Waals surface area (Å²) in [5, 5.41) is 3.85. The number of hydrogen-bond donors (Lipinski definition) is 2. The van der Waals surface area contributed by atoms with E-state index in [2.05, 4.69) is 26.2 Å². The van der Waals surface area contributed by atoms with Crippen LogP contribution in [0.1, 0.15) is 0 Å². The molecule has 0 aliphatic carbocycles. The SMILES string of the molecule is Nc1cncc(Nc2cc(Cl)ccc2Br)c1. The van der Waals surface area contributed by atoms with Crippen LogP contribution in [0.5, 0.6) is 0 Å². The van der Waals surface area contributed by atoms with Gasteiger partial charge in [-0.05, 0) is 40.2 Å². The Morgan fingerprint density at radius 3 is 2.81 bits per heavy atom. The molecule has 0 aliphatic rings. The number of nitrogens with one attached hydrogen (secondary N) is 1. The average molecular weight is 299 g/mol. The van der Waals surface area contributed by atoms with Gasteiger partial charge in [-0.3, -0.25) is 4.98 Å². The Bertz CT molecular complexity index is 516. The van der Waals surface area contributed by atoms with Gasteiger partial charge in [-0.2, -0.15) is 0 Å². The molecule has 2 aromatic rings. The van der Waals surface area contributed by atoms with Gasteiger partial charge in [-0.25, -0.2) is 0 Å². The number of rotatable bonds is 2. The lowest BCUT2D eigenvalue weighted by atomic mass is 10.3. The highest BCUT2D eigenvalue weighted by Crippen LogP contribution is 2.28. The van der Waals surface area contributed by atoms with E-state index in [1.54, 1.807) is 18.5 Å². The Kier molecular flexibility index (Phi) is 3.31. The molecule has 1 aromatic carbocycles. The van der Waals surface area contributed by atoms with Crippen molar-refractivity contribution in [3.05, 3.63) is 46.2 Å². The topological polar surface area (TPSA) is 50.9 Å². The quantitative estimate of drug-likeness (QED) is 0.886. The molecule has 0 fully saturated rings. The van der Waals surface area contributed by atoms with Crippen molar-refractivity contribution in [1.29, 1.82) is 0 Å². The molecule has 1 aromatic heterocycles. The Hall–Kier alpha value is -1.26. The third kappa shape index (κ3) is 2.65. The first kappa shape index (κ1) is 11.2. The van der Waals surface area contributed by atoms with Gasteiger partial charge in [0.2, 0.25) is 0 Å². The van der Waals surface area contributed by atoms with Gasteiger partial charge in [0, 0.05) is 15.7 Å². The second-order valence-corrected chi connectivity index (χ2v) is 4.55. The van der Waals surface area contributed by atoms with Gasteiger partial charge in [0.25, 0.3) is 0 Å². The van der Waals surface area contributed by atoms with Crippen LogP contribution in [0.3, 0.4) is 0 Å². The van der Waals surface area contributed by atoms with Crippen molar-refractivity contribution in [3.63, 3.8) is 0 Å². The number of benzene rings is 1. The third-order valence-electron chi connectivity index (χ3n) is 1.97. The molecule has 0 aliphatic heterocycles. The highest BCUT2D eigenvalue weighted by atomic mass is 79.9. The molecule has 0 atom stereocenters. The van der Waals surface area contributed by atoms with Gasteiger partial charge < -0.3 is 11.1 Å². The Morgan fingerprint density at radius 1 is 1.25 bits per heavy atom. The van der Waals surface area contributed by atoms with Crippen molar-refractivity contribution >= 4 is 44.6 Å². The van der Waals surface area contributed by atoms with Crippen LogP contribution in [-0.2, 0) is 0 Å². The molecule has 16 heavy (non-hydrogen) atoms. The molecule has 82 valence electrons. The highest BCUT2D eigenvalue weighted by Gasteiger charge is 2.01. The Morgan fingerprint density at radius 2 is 2.06 bits per heavy atom. The van der Waals surface area contributed by atoms with E-state index in [-0.39, 0.29) is 0 Å². The largest absolute Gasteiger partial charge is 0.397 e. The number of anilines is 3. The van der Waals surface area contributed by atoms with Crippen LogP contribution in [0.25, 0.3) is 0 Å². The standard InChI is InChI=1S/C11H9BrClN3/c12-10-2-1-7(13)3-11(10)16-9-4-8(14)5-15-6-9/h1-6,16H,14H2. The van der Waals surface area contributed by atoms with Crippen molar-refractivity contribution in [2.75, 3.05) is 11.1 Å².